The molecule has 128 valence electrons. The van der Waals surface area contributed by atoms with E-state index in [0.717, 1.165) is 31.6 Å². The Labute approximate surface area is 141 Å². The number of halogens is 4. The third-order valence-corrected chi connectivity index (χ3v) is 4.14. The number of hydrogen-bond acceptors (Lipinski definition) is 5. The van der Waals surface area contributed by atoms with Gasteiger partial charge >= 0.3 is 6.18 Å². The zero-order chi connectivity index (χ0) is 17.2. The molecule has 0 unspecified atom stereocenters. The van der Waals surface area contributed by atoms with E-state index in [9.17, 15) is 13.2 Å². The average Bonchev–Trinajstić information content (AvgIpc) is 2.55. The van der Waals surface area contributed by atoms with Gasteiger partial charge in [-0.3, -0.25) is 4.98 Å². The number of alkyl halides is 3. The Morgan fingerprint density at radius 3 is 2.46 bits per heavy atom. The molecule has 0 amide bonds. The van der Waals surface area contributed by atoms with Gasteiger partial charge in [-0.25, -0.2) is 9.97 Å². The zero-order valence-electron chi connectivity index (χ0n) is 12.6. The first-order valence-corrected chi connectivity index (χ1v) is 7.85. The highest BCUT2D eigenvalue weighted by Gasteiger charge is 2.34. The quantitative estimate of drug-likeness (QED) is 0.819. The Morgan fingerprint density at radius 2 is 1.88 bits per heavy atom. The predicted molar refractivity (Wildman–Crippen MR) is 84.4 cm³/mol. The summed E-state index contributed by atoms with van der Waals surface area (Å²) in [7, 11) is 0. The van der Waals surface area contributed by atoms with Crippen molar-refractivity contribution in [3.8, 4) is 0 Å². The lowest BCUT2D eigenvalue weighted by Gasteiger charge is -2.22. The second kappa shape index (κ2) is 6.90. The summed E-state index contributed by atoms with van der Waals surface area (Å²) in [6.07, 6.45) is -0.219. The largest absolute Gasteiger partial charge is 0.420 e. The maximum absolute atomic E-state index is 12.6. The minimum Gasteiger partial charge on any atom is -0.323 e. The number of rotatable bonds is 3. The number of nitrogens with one attached hydrogen (secondary N) is 2. The standard InChI is InChI=1S/C15H15ClF3N5/c16-13-11(15(17,18)19)8-22-14(24-13)23-10-1-2-12(21-7-10)9-3-5-20-6-4-9/h1-2,7-9,20H,3-6H2,(H,22,23,24). The van der Waals surface area contributed by atoms with Crippen LogP contribution in [0.5, 0.6) is 0 Å². The lowest BCUT2D eigenvalue weighted by Crippen LogP contribution is -2.27. The fourth-order valence-electron chi connectivity index (χ4n) is 2.58. The first-order valence-electron chi connectivity index (χ1n) is 7.47. The summed E-state index contributed by atoms with van der Waals surface area (Å²) in [4.78, 5) is 11.7. The number of aromatic nitrogens is 3. The van der Waals surface area contributed by atoms with E-state index in [1.807, 2.05) is 6.07 Å². The third kappa shape index (κ3) is 3.93. The van der Waals surface area contributed by atoms with E-state index >= 15 is 0 Å². The maximum atomic E-state index is 12.6. The van der Waals surface area contributed by atoms with Crippen LogP contribution in [0.4, 0.5) is 24.8 Å². The molecule has 0 aliphatic carbocycles. The van der Waals surface area contributed by atoms with Crippen LogP contribution in [0.3, 0.4) is 0 Å². The number of hydrogen-bond donors (Lipinski definition) is 2. The Balaban J connectivity index is 1.71. The van der Waals surface area contributed by atoms with Crippen LogP contribution in [-0.4, -0.2) is 28.0 Å². The molecule has 2 aromatic rings. The summed E-state index contributed by atoms with van der Waals surface area (Å²) in [5.74, 6) is 0.418. The molecule has 2 N–H and O–H groups in total. The van der Waals surface area contributed by atoms with Gasteiger partial charge in [0.15, 0.2) is 0 Å². The lowest BCUT2D eigenvalue weighted by atomic mass is 9.94. The summed E-state index contributed by atoms with van der Waals surface area (Å²) in [6, 6.07) is 3.71. The van der Waals surface area contributed by atoms with E-state index in [1.54, 1.807) is 12.3 Å². The fraction of sp³-hybridized carbons (Fsp3) is 0.400. The van der Waals surface area contributed by atoms with Crippen LogP contribution in [0.25, 0.3) is 0 Å². The number of nitrogens with zero attached hydrogens (tertiary/aromatic N) is 3. The van der Waals surface area contributed by atoms with Gasteiger partial charge in [-0.2, -0.15) is 13.2 Å². The number of pyridine rings is 1. The van der Waals surface area contributed by atoms with Gasteiger partial charge in [0, 0.05) is 17.8 Å². The smallest absolute Gasteiger partial charge is 0.323 e. The molecule has 0 spiro atoms. The van der Waals surface area contributed by atoms with Gasteiger partial charge in [0.05, 0.1) is 11.9 Å². The molecule has 3 rings (SSSR count). The molecule has 24 heavy (non-hydrogen) atoms. The first-order chi connectivity index (χ1) is 11.4. The predicted octanol–water partition coefficient (Wildman–Crippen LogP) is 3.75. The highest BCUT2D eigenvalue weighted by molar-refractivity contribution is 6.30. The normalized spacial score (nSPS) is 16.2. The second-order valence-electron chi connectivity index (χ2n) is 5.52. The van der Waals surface area contributed by atoms with Crippen LogP contribution < -0.4 is 10.6 Å². The summed E-state index contributed by atoms with van der Waals surface area (Å²) < 4.78 is 37.9. The van der Waals surface area contributed by atoms with Crippen molar-refractivity contribution < 1.29 is 13.2 Å². The van der Waals surface area contributed by atoms with Gasteiger partial charge in [-0.1, -0.05) is 11.6 Å². The SMILES string of the molecule is FC(F)(F)c1cnc(Nc2ccc(C3CCNCC3)nc2)nc1Cl. The average molecular weight is 358 g/mol. The van der Waals surface area contributed by atoms with Crippen LogP contribution in [-0.2, 0) is 6.18 Å². The molecular weight excluding hydrogens is 343 g/mol. The van der Waals surface area contributed by atoms with Crippen molar-refractivity contribution in [2.24, 2.45) is 0 Å². The summed E-state index contributed by atoms with van der Waals surface area (Å²) in [5.41, 5.74) is 0.533. The van der Waals surface area contributed by atoms with Crippen LogP contribution >= 0.6 is 11.6 Å². The molecule has 1 saturated heterocycles. The van der Waals surface area contributed by atoms with E-state index in [2.05, 4.69) is 25.6 Å². The van der Waals surface area contributed by atoms with Gasteiger partial charge in [0.25, 0.3) is 0 Å². The summed E-state index contributed by atoms with van der Waals surface area (Å²) in [5, 5.41) is 5.46. The van der Waals surface area contributed by atoms with Crippen molar-refractivity contribution in [2.75, 3.05) is 18.4 Å². The summed E-state index contributed by atoms with van der Waals surface area (Å²) >= 11 is 5.57. The minimum absolute atomic E-state index is 0.00980. The van der Waals surface area contributed by atoms with Crippen LogP contribution in [0.1, 0.15) is 30.0 Å². The molecule has 0 bridgehead atoms. The Hall–Kier alpha value is -1.93. The molecule has 0 aromatic carbocycles. The van der Waals surface area contributed by atoms with Crippen LogP contribution in [0, 0.1) is 0 Å². The van der Waals surface area contributed by atoms with Crippen molar-refractivity contribution in [1.29, 1.82) is 0 Å². The molecule has 1 fully saturated rings. The van der Waals surface area contributed by atoms with Crippen molar-refractivity contribution in [3.05, 3.63) is 40.9 Å². The van der Waals surface area contributed by atoms with Gasteiger partial charge in [-0.15, -0.1) is 0 Å². The Bertz CT molecular complexity index is 699. The Kier molecular flexibility index (Phi) is 4.86. The van der Waals surface area contributed by atoms with Crippen molar-refractivity contribution >= 4 is 23.2 Å². The molecule has 0 radical (unpaired) electrons. The Morgan fingerprint density at radius 1 is 1.12 bits per heavy atom. The molecule has 0 saturated carbocycles. The molecule has 2 aromatic heterocycles. The van der Waals surface area contributed by atoms with Crippen molar-refractivity contribution in [2.45, 2.75) is 24.9 Å². The maximum Gasteiger partial charge on any atom is 0.420 e. The highest BCUT2D eigenvalue weighted by Crippen LogP contribution is 2.33. The molecular formula is C15H15ClF3N5. The van der Waals surface area contributed by atoms with E-state index in [0.29, 0.717) is 17.8 Å². The van der Waals surface area contributed by atoms with E-state index < -0.39 is 16.9 Å². The van der Waals surface area contributed by atoms with E-state index in [1.165, 1.54) is 0 Å². The number of piperidine rings is 1. The van der Waals surface area contributed by atoms with E-state index in [4.69, 9.17) is 11.6 Å². The van der Waals surface area contributed by atoms with Gasteiger partial charge in [0.1, 0.15) is 10.7 Å². The van der Waals surface area contributed by atoms with E-state index in [-0.39, 0.29) is 5.95 Å². The van der Waals surface area contributed by atoms with Crippen molar-refractivity contribution in [3.63, 3.8) is 0 Å². The monoisotopic (exact) mass is 357 g/mol. The topological polar surface area (TPSA) is 62.7 Å². The lowest BCUT2D eigenvalue weighted by molar-refractivity contribution is -0.137. The number of anilines is 2. The zero-order valence-corrected chi connectivity index (χ0v) is 13.3. The third-order valence-electron chi connectivity index (χ3n) is 3.85. The molecule has 1 aliphatic heterocycles. The van der Waals surface area contributed by atoms with Crippen LogP contribution in [0.2, 0.25) is 5.15 Å². The van der Waals surface area contributed by atoms with Crippen LogP contribution in [0.15, 0.2) is 24.5 Å². The second-order valence-corrected chi connectivity index (χ2v) is 5.87. The fourth-order valence-corrected chi connectivity index (χ4v) is 2.81. The molecule has 5 nitrogen and oxygen atoms in total. The first kappa shape index (κ1) is 16.9. The van der Waals surface area contributed by atoms with Gasteiger partial charge in [0.2, 0.25) is 5.95 Å². The molecule has 3 heterocycles. The highest BCUT2D eigenvalue weighted by atomic mass is 35.5. The molecule has 0 atom stereocenters. The van der Waals surface area contributed by atoms with Crippen molar-refractivity contribution in [1.82, 2.24) is 20.3 Å². The van der Waals surface area contributed by atoms with Gasteiger partial charge in [-0.05, 0) is 38.1 Å². The summed E-state index contributed by atoms with van der Waals surface area (Å²) in [6.45, 7) is 1.95. The molecule has 9 heteroatoms. The minimum atomic E-state index is -4.58. The molecule has 1 aliphatic rings. The van der Waals surface area contributed by atoms with Gasteiger partial charge < -0.3 is 10.6 Å².